The number of aromatic hydroxyl groups is 1. The number of benzene rings is 1. The molecule has 1 aromatic rings. The van der Waals surface area contributed by atoms with Gasteiger partial charge in [-0.3, -0.25) is 9.59 Å². The first kappa shape index (κ1) is 26.8. The van der Waals surface area contributed by atoms with Crippen LogP contribution in [-0.4, -0.2) is 39.3 Å². The van der Waals surface area contributed by atoms with Crippen molar-refractivity contribution < 1.29 is 24.5 Å². The summed E-state index contributed by atoms with van der Waals surface area (Å²) in [5, 5.41) is 23.9. The van der Waals surface area contributed by atoms with Crippen molar-refractivity contribution in [3.05, 3.63) is 54.1 Å². The molecule has 2 saturated heterocycles. The monoisotopic (exact) mass is 533 g/mol. The summed E-state index contributed by atoms with van der Waals surface area (Å²) >= 11 is 0. The minimum Gasteiger partial charge on any atom is -0.508 e. The molecule has 3 aliphatic carbocycles. The predicted octanol–water partition coefficient (Wildman–Crippen LogP) is 4.80. The second-order valence-electron chi connectivity index (χ2n) is 14.2. The number of nitrogens with one attached hydrogen (secondary N) is 1. The van der Waals surface area contributed by atoms with E-state index in [9.17, 15) is 19.8 Å². The third kappa shape index (κ3) is 3.46. The third-order valence-corrected chi connectivity index (χ3v) is 11.5. The van der Waals surface area contributed by atoms with Crippen molar-refractivity contribution in [2.24, 2.45) is 52.3 Å². The molecule has 4 fully saturated rings. The maximum absolute atomic E-state index is 14.8. The van der Waals surface area contributed by atoms with E-state index in [1.54, 1.807) is 12.1 Å². The molecule has 12 unspecified atom stereocenters. The lowest BCUT2D eigenvalue weighted by molar-refractivity contribution is -0.144. The van der Waals surface area contributed by atoms with Crippen molar-refractivity contribution in [3.63, 3.8) is 0 Å². The molecule has 6 rings (SSSR count). The SMILES string of the molecule is C=CC1(C)C=C(C)C2C(C(C)C3C(C)CC(C)CC23C)C1C(=O)C12OC1C(O)(Cc1ccc(O)cc1)NC2=O. The summed E-state index contributed by atoms with van der Waals surface area (Å²) < 4.78 is 5.99. The summed E-state index contributed by atoms with van der Waals surface area (Å²) in [6.45, 7) is 17.9. The van der Waals surface area contributed by atoms with Crippen LogP contribution in [0.15, 0.2) is 48.6 Å². The molecular formula is C33H43NO5. The van der Waals surface area contributed by atoms with Crippen LogP contribution >= 0.6 is 0 Å². The number of carbonyl (C=O) groups excluding carboxylic acids is 2. The molecule has 12 atom stereocenters. The molecule has 5 aliphatic rings. The van der Waals surface area contributed by atoms with E-state index >= 15 is 0 Å². The molecule has 210 valence electrons. The summed E-state index contributed by atoms with van der Waals surface area (Å²) in [5.41, 5.74) is -1.86. The number of carbonyl (C=O) groups is 2. The van der Waals surface area contributed by atoms with Crippen LogP contribution in [0.2, 0.25) is 0 Å². The fraction of sp³-hybridized carbons (Fsp3) is 0.636. The Morgan fingerprint density at radius 3 is 2.49 bits per heavy atom. The second-order valence-corrected chi connectivity index (χ2v) is 14.2. The highest BCUT2D eigenvalue weighted by Gasteiger charge is 2.82. The summed E-state index contributed by atoms with van der Waals surface area (Å²) in [4.78, 5) is 28.3. The number of amides is 1. The fourth-order valence-electron chi connectivity index (χ4n) is 10.6. The van der Waals surface area contributed by atoms with E-state index in [1.165, 1.54) is 24.1 Å². The number of ketones is 1. The van der Waals surface area contributed by atoms with Crippen LogP contribution in [0.25, 0.3) is 0 Å². The zero-order chi connectivity index (χ0) is 28.3. The Kier molecular flexibility index (Phi) is 5.69. The van der Waals surface area contributed by atoms with Gasteiger partial charge in [-0.25, -0.2) is 0 Å². The number of aliphatic hydroxyl groups is 1. The molecule has 2 aliphatic heterocycles. The molecule has 0 radical (unpaired) electrons. The number of Topliss-reactive ketones (excluding diaryl/α,β-unsaturated/α-hetero) is 1. The summed E-state index contributed by atoms with van der Waals surface area (Å²) in [5.74, 6) is 1.17. The predicted molar refractivity (Wildman–Crippen MR) is 148 cm³/mol. The van der Waals surface area contributed by atoms with Gasteiger partial charge in [0.05, 0.1) is 0 Å². The molecule has 6 nitrogen and oxygen atoms in total. The first-order valence-electron chi connectivity index (χ1n) is 14.6. The van der Waals surface area contributed by atoms with Gasteiger partial charge in [0.25, 0.3) is 5.91 Å². The van der Waals surface area contributed by atoms with E-state index < -0.39 is 34.7 Å². The summed E-state index contributed by atoms with van der Waals surface area (Å²) in [6, 6.07) is 6.47. The topological polar surface area (TPSA) is 99.2 Å². The Labute approximate surface area is 231 Å². The molecule has 3 N–H and O–H groups in total. The average molecular weight is 534 g/mol. The lowest BCUT2D eigenvalue weighted by Gasteiger charge is -2.50. The first-order valence-corrected chi connectivity index (χ1v) is 14.6. The number of epoxide rings is 1. The van der Waals surface area contributed by atoms with Crippen LogP contribution in [0.5, 0.6) is 5.75 Å². The van der Waals surface area contributed by atoms with Gasteiger partial charge >= 0.3 is 0 Å². The lowest BCUT2D eigenvalue weighted by atomic mass is 9.53. The molecule has 39 heavy (non-hydrogen) atoms. The minimum atomic E-state index is -1.70. The highest BCUT2D eigenvalue weighted by Crippen LogP contribution is 2.70. The van der Waals surface area contributed by atoms with E-state index in [2.05, 4.69) is 59.5 Å². The molecule has 6 heteroatoms. The van der Waals surface area contributed by atoms with Gasteiger partial charge < -0.3 is 20.3 Å². The number of rotatable bonds is 5. The third-order valence-electron chi connectivity index (χ3n) is 11.5. The summed E-state index contributed by atoms with van der Waals surface area (Å²) in [7, 11) is 0. The van der Waals surface area contributed by atoms with Gasteiger partial charge in [-0.1, -0.05) is 64.5 Å². The number of phenols is 1. The molecule has 0 aromatic heterocycles. The number of hydrogen-bond acceptors (Lipinski definition) is 5. The van der Waals surface area contributed by atoms with E-state index in [0.29, 0.717) is 23.7 Å². The van der Waals surface area contributed by atoms with Crippen LogP contribution < -0.4 is 5.32 Å². The van der Waals surface area contributed by atoms with Crippen molar-refractivity contribution in [1.82, 2.24) is 5.32 Å². The van der Waals surface area contributed by atoms with Crippen LogP contribution in [0.4, 0.5) is 0 Å². The minimum absolute atomic E-state index is 0.0612. The largest absolute Gasteiger partial charge is 0.508 e. The molecular weight excluding hydrogens is 490 g/mol. The van der Waals surface area contributed by atoms with Crippen molar-refractivity contribution >= 4 is 11.7 Å². The van der Waals surface area contributed by atoms with Gasteiger partial charge in [-0.15, -0.1) is 6.58 Å². The number of allylic oxidation sites excluding steroid dienone is 3. The summed E-state index contributed by atoms with van der Waals surface area (Å²) in [6.07, 6.45) is 5.58. The Morgan fingerprint density at radius 2 is 1.87 bits per heavy atom. The van der Waals surface area contributed by atoms with Gasteiger partial charge in [0.1, 0.15) is 5.75 Å². The number of hydrogen-bond donors (Lipinski definition) is 3. The van der Waals surface area contributed by atoms with Crippen molar-refractivity contribution in [1.29, 1.82) is 0 Å². The Hall–Kier alpha value is -2.44. The van der Waals surface area contributed by atoms with E-state index in [4.69, 9.17) is 4.74 Å². The Bertz CT molecular complexity index is 1270. The maximum atomic E-state index is 14.8. The zero-order valence-electron chi connectivity index (χ0n) is 24.0. The van der Waals surface area contributed by atoms with Gasteiger partial charge in [-0.2, -0.15) is 0 Å². The van der Waals surface area contributed by atoms with Gasteiger partial charge in [0.15, 0.2) is 17.6 Å². The highest BCUT2D eigenvalue weighted by atomic mass is 16.6. The molecule has 2 saturated carbocycles. The molecule has 1 aromatic carbocycles. The van der Waals surface area contributed by atoms with Gasteiger partial charge in [0, 0.05) is 17.8 Å². The van der Waals surface area contributed by atoms with Gasteiger partial charge in [0.2, 0.25) is 5.60 Å². The number of morpholine rings is 1. The highest BCUT2D eigenvalue weighted by molar-refractivity contribution is 6.16. The van der Waals surface area contributed by atoms with E-state index in [1.807, 2.05) is 6.08 Å². The smallest absolute Gasteiger partial charge is 0.265 e. The van der Waals surface area contributed by atoms with Crippen molar-refractivity contribution in [2.45, 2.75) is 78.2 Å². The number of ether oxygens (including phenoxy) is 1. The fourth-order valence-corrected chi connectivity index (χ4v) is 10.6. The van der Waals surface area contributed by atoms with Gasteiger partial charge in [-0.05, 0) is 78.4 Å². The van der Waals surface area contributed by atoms with E-state index in [-0.39, 0.29) is 35.2 Å². The van der Waals surface area contributed by atoms with Crippen LogP contribution in [0.3, 0.4) is 0 Å². The Morgan fingerprint density at radius 1 is 1.21 bits per heavy atom. The van der Waals surface area contributed by atoms with Crippen molar-refractivity contribution in [3.8, 4) is 5.75 Å². The lowest BCUT2D eigenvalue weighted by Crippen LogP contribution is -2.52. The van der Waals surface area contributed by atoms with Crippen molar-refractivity contribution in [2.75, 3.05) is 0 Å². The van der Waals surface area contributed by atoms with Crippen LogP contribution in [0.1, 0.15) is 59.9 Å². The molecule has 1 amide bonds. The van der Waals surface area contributed by atoms with E-state index in [0.717, 1.165) is 12.0 Å². The Balaban J connectivity index is 1.39. The van der Waals surface area contributed by atoms with Crippen LogP contribution in [-0.2, 0) is 20.7 Å². The first-order chi connectivity index (χ1) is 18.2. The normalized spacial score (nSPS) is 49.8. The number of fused-ring (bicyclic) bond motifs is 4. The standard InChI is InChI=1S/C33H43NO5/c1-8-30(6)15-19(4)25-23(20(5)24-18(3)13-17(2)14-31(24,25)7)26(30)27(36)33-28(39-33)32(38,34-29(33)37)16-21-9-11-22(35)12-10-21/h8-12,15,17-18,20,23-26,28,35,38H,1,13-14,16H2,2-7H3,(H,34,37). The molecule has 2 heterocycles. The zero-order valence-corrected chi connectivity index (χ0v) is 24.0. The van der Waals surface area contributed by atoms with Crippen LogP contribution in [0, 0.1) is 52.3 Å². The number of phenolic OH excluding ortho intramolecular Hbond substituents is 1. The molecule has 0 spiro atoms. The molecule has 0 bridgehead atoms. The quantitative estimate of drug-likeness (QED) is 0.287. The maximum Gasteiger partial charge on any atom is 0.265 e. The average Bonchev–Trinajstić information content (AvgIpc) is 3.52. The second kappa shape index (κ2) is 8.29.